The normalized spacial score (nSPS) is 11.5. The number of carbonyl (C=O) groups excluding carboxylic acids is 2. The zero-order valence-corrected chi connectivity index (χ0v) is 19.2. The molecule has 1 N–H and O–H groups in total. The highest BCUT2D eigenvalue weighted by Gasteiger charge is 2.30. The van der Waals surface area contributed by atoms with Crippen LogP contribution in [-0.2, 0) is 33.7 Å². The van der Waals surface area contributed by atoms with E-state index in [4.69, 9.17) is 4.74 Å². The van der Waals surface area contributed by atoms with Gasteiger partial charge in [0, 0.05) is 33.2 Å². The maximum atomic E-state index is 13.6. The van der Waals surface area contributed by atoms with Gasteiger partial charge in [-0.3, -0.25) is 9.59 Å². The molecular formula is C28H32N2O3. The Balaban J connectivity index is 1.88. The highest BCUT2D eigenvalue weighted by atomic mass is 16.5. The van der Waals surface area contributed by atoms with Crippen molar-refractivity contribution in [3.8, 4) is 0 Å². The molecule has 3 aromatic rings. The Morgan fingerprint density at radius 1 is 0.818 bits per heavy atom. The number of hydrogen-bond acceptors (Lipinski definition) is 3. The van der Waals surface area contributed by atoms with Crippen LogP contribution in [0.2, 0.25) is 0 Å². The van der Waals surface area contributed by atoms with Gasteiger partial charge < -0.3 is 15.0 Å². The van der Waals surface area contributed by atoms with Crippen molar-refractivity contribution in [3.05, 3.63) is 108 Å². The number of amides is 2. The second kappa shape index (κ2) is 13.2. The number of hydrogen-bond donors (Lipinski definition) is 1. The predicted octanol–water partition coefficient (Wildman–Crippen LogP) is 4.02. The number of ether oxygens (including phenoxy) is 1. The van der Waals surface area contributed by atoms with Crippen LogP contribution in [0.15, 0.2) is 91.0 Å². The Kier molecular flexibility index (Phi) is 9.67. The summed E-state index contributed by atoms with van der Waals surface area (Å²) in [4.78, 5) is 28.6. The molecule has 33 heavy (non-hydrogen) atoms. The fourth-order valence-corrected chi connectivity index (χ4v) is 3.75. The molecule has 0 aliphatic carbocycles. The van der Waals surface area contributed by atoms with Gasteiger partial charge in [-0.15, -0.1) is 0 Å². The molecule has 2 amide bonds. The summed E-state index contributed by atoms with van der Waals surface area (Å²) in [5.74, 6) is -0.217. The lowest BCUT2D eigenvalue weighted by atomic mass is 10.0. The van der Waals surface area contributed by atoms with Crippen LogP contribution in [0.25, 0.3) is 0 Å². The fourth-order valence-electron chi connectivity index (χ4n) is 3.75. The van der Waals surface area contributed by atoms with Crippen molar-refractivity contribution in [1.29, 1.82) is 0 Å². The molecule has 0 bridgehead atoms. The molecule has 1 atom stereocenters. The van der Waals surface area contributed by atoms with Gasteiger partial charge in [0.05, 0.1) is 6.42 Å². The minimum atomic E-state index is -0.619. The van der Waals surface area contributed by atoms with E-state index in [1.54, 1.807) is 12.0 Å². The maximum absolute atomic E-state index is 13.6. The molecule has 172 valence electrons. The molecule has 0 saturated heterocycles. The molecule has 3 rings (SSSR count). The van der Waals surface area contributed by atoms with Crippen molar-refractivity contribution in [2.45, 2.75) is 31.8 Å². The average molecular weight is 445 g/mol. The van der Waals surface area contributed by atoms with Crippen LogP contribution in [0.3, 0.4) is 0 Å². The molecule has 0 heterocycles. The Morgan fingerprint density at radius 3 is 1.94 bits per heavy atom. The molecule has 5 nitrogen and oxygen atoms in total. The Morgan fingerprint density at radius 2 is 1.36 bits per heavy atom. The number of methoxy groups -OCH3 is 1. The molecule has 0 aliphatic rings. The number of nitrogens with zero attached hydrogens (tertiary/aromatic N) is 1. The van der Waals surface area contributed by atoms with E-state index in [0.717, 1.165) is 23.1 Å². The number of benzene rings is 3. The quantitative estimate of drug-likeness (QED) is 0.429. The first kappa shape index (κ1) is 24.2. The van der Waals surface area contributed by atoms with Crippen LogP contribution in [0.1, 0.15) is 23.1 Å². The number of carbonyl (C=O) groups is 2. The van der Waals surface area contributed by atoms with Gasteiger partial charge >= 0.3 is 0 Å². The summed E-state index contributed by atoms with van der Waals surface area (Å²) in [7, 11) is 1.64. The summed E-state index contributed by atoms with van der Waals surface area (Å²) in [6.07, 6.45) is 1.41. The summed E-state index contributed by atoms with van der Waals surface area (Å²) < 4.78 is 5.10. The van der Waals surface area contributed by atoms with E-state index in [1.807, 2.05) is 91.0 Å². The first-order valence-electron chi connectivity index (χ1n) is 11.3. The fraction of sp³-hybridized carbons (Fsp3) is 0.286. The Hall–Kier alpha value is -3.44. The molecule has 0 radical (unpaired) electrons. The zero-order chi connectivity index (χ0) is 23.3. The van der Waals surface area contributed by atoms with Crippen LogP contribution < -0.4 is 5.32 Å². The van der Waals surface area contributed by atoms with Crippen LogP contribution in [0.4, 0.5) is 0 Å². The smallest absolute Gasteiger partial charge is 0.243 e. The van der Waals surface area contributed by atoms with E-state index in [-0.39, 0.29) is 18.2 Å². The molecule has 0 unspecified atom stereocenters. The summed E-state index contributed by atoms with van der Waals surface area (Å²) >= 11 is 0. The van der Waals surface area contributed by atoms with Gasteiger partial charge in [-0.2, -0.15) is 0 Å². The zero-order valence-electron chi connectivity index (χ0n) is 19.2. The lowest BCUT2D eigenvalue weighted by molar-refractivity contribution is -0.140. The number of rotatable bonds is 12. The van der Waals surface area contributed by atoms with E-state index < -0.39 is 6.04 Å². The lowest BCUT2D eigenvalue weighted by Gasteiger charge is -2.31. The van der Waals surface area contributed by atoms with Gasteiger partial charge in [0.2, 0.25) is 11.8 Å². The van der Waals surface area contributed by atoms with E-state index in [9.17, 15) is 9.59 Å². The van der Waals surface area contributed by atoms with Crippen molar-refractivity contribution in [2.75, 3.05) is 20.3 Å². The molecular weight excluding hydrogens is 412 g/mol. The topological polar surface area (TPSA) is 58.6 Å². The van der Waals surface area contributed by atoms with E-state index in [0.29, 0.717) is 26.1 Å². The van der Waals surface area contributed by atoms with Crippen LogP contribution in [0.5, 0.6) is 0 Å². The van der Waals surface area contributed by atoms with Crippen LogP contribution in [0, 0.1) is 0 Å². The summed E-state index contributed by atoms with van der Waals surface area (Å²) in [5.41, 5.74) is 2.93. The summed E-state index contributed by atoms with van der Waals surface area (Å²) in [6.45, 7) is 1.45. The first-order chi connectivity index (χ1) is 16.2. The SMILES string of the molecule is COCCCNC(=O)[C@H](Cc1ccccc1)N(Cc1ccccc1)C(=O)Cc1ccccc1. The molecule has 0 aromatic heterocycles. The van der Waals surface area contributed by atoms with E-state index in [1.165, 1.54) is 0 Å². The lowest BCUT2D eigenvalue weighted by Crippen LogP contribution is -2.51. The first-order valence-corrected chi connectivity index (χ1v) is 11.3. The van der Waals surface area contributed by atoms with Gasteiger partial charge in [0.1, 0.15) is 6.04 Å². The molecule has 0 saturated carbocycles. The van der Waals surface area contributed by atoms with Gasteiger partial charge in [0.15, 0.2) is 0 Å². The third kappa shape index (κ3) is 7.88. The summed E-state index contributed by atoms with van der Waals surface area (Å²) in [5, 5.41) is 3.01. The standard InChI is InChI=1S/C28H32N2O3/c1-33-19-11-18-29-28(32)26(20-23-12-5-2-6-13-23)30(22-25-16-9-4-10-17-25)27(31)21-24-14-7-3-8-15-24/h2-10,12-17,26H,11,18-22H2,1H3,(H,29,32)/t26-/m0/s1. The molecule has 3 aromatic carbocycles. The largest absolute Gasteiger partial charge is 0.385 e. The van der Waals surface area contributed by atoms with Crippen LogP contribution in [-0.4, -0.2) is 43.0 Å². The third-order valence-corrected chi connectivity index (χ3v) is 5.49. The monoisotopic (exact) mass is 444 g/mol. The molecule has 0 spiro atoms. The minimum absolute atomic E-state index is 0.0713. The second-order valence-electron chi connectivity index (χ2n) is 8.01. The Bertz CT molecular complexity index is 978. The van der Waals surface area contributed by atoms with E-state index >= 15 is 0 Å². The molecule has 5 heteroatoms. The van der Waals surface area contributed by atoms with Gasteiger partial charge in [0.25, 0.3) is 0 Å². The summed E-state index contributed by atoms with van der Waals surface area (Å²) in [6, 6.07) is 28.7. The predicted molar refractivity (Wildman–Crippen MR) is 131 cm³/mol. The highest BCUT2D eigenvalue weighted by molar-refractivity contribution is 5.88. The van der Waals surface area contributed by atoms with Crippen molar-refractivity contribution >= 4 is 11.8 Å². The average Bonchev–Trinajstić information content (AvgIpc) is 2.85. The Labute approximate surface area is 196 Å². The van der Waals surface area contributed by atoms with Gasteiger partial charge in [-0.1, -0.05) is 91.0 Å². The van der Waals surface area contributed by atoms with Crippen molar-refractivity contribution < 1.29 is 14.3 Å². The van der Waals surface area contributed by atoms with Crippen molar-refractivity contribution in [2.24, 2.45) is 0 Å². The molecule has 0 fully saturated rings. The van der Waals surface area contributed by atoms with Gasteiger partial charge in [-0.25, -0.2) is 0 Å². The molecule has 0 aliphatic heterocycles. The van der Waals surface area contributed by atoms with Crippen molar-refractivity contribution in [1.82, 2.24) is 10.2 Å². The minimum Gasteiger partial charge on any atom is -0.385 e. The highest BCUT2D eigenvalue weighted by Crippen LogP contribution is 2.16. The van der Waals surface area contributed by atoms with Crippen molar-refractivity contribution in [3.63, 3.8) is 0 Å². The van der Waals surface area contributed by atoms with Crippen LogP contribution >= 0.6 is 0 Å². The third-order valence-electron chi connectivity index (χ3n) is 5.49. The second-order valence-corrected chi connectivity index (χ2v) is 8.01. The number of nitrogens with one attached hydrogen (secondary N) is 1. The van der Waals surface area contributed by atoms with Gasteiger partial charge in [-0.05, 0) is 23.1 Å². The maximum Gasteiger partial charge on any atom is 0.243 e. The van der Waals surface area contributed by atoms with E-state index in [2.05, 4.69) is 5.32 Å².